The molecule has 0 aliphatic carbocycles. The van der Waals surface area contributed by atoms with Crippen molar-refractivity contribution >= 4 is 10.8 Å². The Labute approximate surface area is 102 Å². The summed E-state index contributed by atoms with van der Waals surface area (Å²) in [7, 11) is 0. The molecule has 2 heteroatoms. The summed E-state index contributed by atoms with van der Waals surface area (Å²) in [4.78, 5) is 0. The minimum absolute atomic E-state index is 0.350. The first kappa shape index (κ1) is 11.8. The topological polar surface area (TPSA) is 29.5 Å². The van der Waals surface area contributed by atoms with Gasteiger partial charge in [0.1, 0.15) is 11.5 Å². The molecule has 0 fully saturated rings. The van der Waals surface area contributed by atoms with Crippen LogP contribution in [0.5, 0.6) is 11.5 Å². The molecule has 0 atom stereocenters. The van der Waals surface area contributed by atoms with Crippen molar-refractivity contribution in [1.82, 2.24) is 0 Å². The molecule has 0 aliphatic rings. The van der Waals surface area contributed by atoms with Crippen molar-refractivity contribution < 1.29 is 9.84 Å². The first-order valence-corrected chi connectivity index (χ1v) is 6.08. The second-order valence-corrected chi connectivity index (χ2v) is 4.29. The first-order chi connectivity index (χ1) is 8.24. The standard InChI is InChI=1S/C15H18O2/c1-3-4-9-17-14-10-11(2)15(16)13-8-6-5-7-12(13)14/h5-8,10,16H,3-4,9H2,1-2H3. The summed E-state index contributed by atoms with van der Waals surface area (Å²) in [6.07, 6.45) is 2.17. The predicted octanol–water partition coefficient (Wildman–Crippen LogP) is 4.03. The van der Waals surface area contributed by atoms with E-state index < -0.39 is 0 Å². The highest BCUT2D eigenvalue weighted by Crippen LogP contribution is 2.35. The lowest BCUT2D eigenvalue weighted by Crippen LogP contribution is -1.97. The molecule has 0 heterocycles. The fourth-order valence-corrected chi connectivity index (χ4v) is 1.91. The maximum atomic E-state index is 10.00. The molecule has 2 rings (SSSR count). The van der Waals surface area contributed by atoms with Gasteiger partial charge in [-0.15, -0.1) is 0 Å². The van der Waals surface area contributed by atoms with Gasteiger partial charge in [-0.05, 0) is 25.0 Å². The average Bonchev–Trinajstić information content (AvgIpc) is 2.36. The van der Waals surface area contributed by atoms with E-state index in [0.29, 0.717) is 5.75 Å². The number of ether oxygens (including phenoxy) is 1. The molecular formula is C15H18O2. The van der Waals surface area contributed by atoms with Crippen LogP contribution in [0.25, 0.3) is 10.8 Å². The van der Waals surface area contributed by atoms with Gasteiger partial charge in [0.05, 0.1) is 6.61 Å². The van der Waals surface area contributed by atoms with Crippen LogP contribution in [-0.4, -0.2) is 11.7 Å². The van der Waals surface area contributed by atoms with Gasteiger partial charge in [-0.1, -0.05) is 37.6 Å². The predicted molar refractivity (Wildman–Crippen MR) is 70.8 cm³/mol. The normalized spacial score (nSPS) is 10.7. The number of phenolic OH excluding ortho intramolecular Hbond substituents is 1. The van der Waals surface area contributed by atoms with E-state index in [1.807, 2.05) is 37.3 Å². The van der Waals surface area contributed by atoms with Crippen LogP contribution in [0.1, 0.15) is 25.3 Å². The number of benzene rings is 2. The van der Waals surface area contributed by atoms with Crippen LogP contribution in [-0.2, 0) is 0 Å². The number of aromatic hydroxyl groups is 1. The van der Waals surface area contributed by atoms with Crippen molar-refractivity contribution in [2.24, 2.45) is 0 Å². The summed E-state index contributed by atoms with van der Waals surface area (Å²) in [6, 6.07) is 9.70. The highest BCUT2D eigenvalue weighted by molar-refractivity contribution is 5.94. The average molecular weight is 230 g/mol. The maximum absolute atomic E-state index is 10.00. The maximum Gasteiger partial charge on any atom is 0.127 e. The Kier molecular flexibility index (Phi) is 3.52. The molecule has 2 aromatic rings. The van der Waals surface area contributed by atoms with Crippen molar-refractivity contribution in [3.63, 3.8) is 0 Å². The Bertz CT molecular complexity index is 518. The summed E-state index contributed by atoms with van der Waals surface area (Å²) in [5.41, 5.74) is 0.857. The fraction of sp³-hybridized carbons (Fsp3) is 0.333. The lowest BCUT2D eigenvalue weighted by atomic mass is 10.1. The molecule has 0 spiro atoms. The lowest BCUT2D eigenvalue weighted by molar-refractivity contribution is 0.312. The van der Waals surface area contributed by atoms with Crippen molar-refractivity contribution in [2.75, 3.05) is 6.61 Å². The second-order valence-electron chi connectivity index (χ2n) is 4.29. The van der Waals surface area contributed by atoms with Gasteiger partial charge < -0.3 is 9.84 Å². The number of hydrogen-bond acceptors (Lipinski definition) is 2. The number of fused-ring (bicyclic) bond motifs is 1. The van der Waals surface area contributed by atoms with Gasteiger partial charge in [-0.2, -0.15) is 0 Å². The fourth-order valence-electron chi connectivity index (χ4n) is 1.91. The Morgan fingerprint density at radius 3 is 2.59 bits per heavy atom. The number of unbranched alkanes of at least 4 members (excludes halogenated alkanes) is 1. The summed E-state index contributed by atoms with van der Waals surface area (Å²) in [5.74, 6) is 1.22. The number of rotatable bonds is 4. The minimum atomic E-state index is 0.350. The van der Waals surface area contributed by atoms with Gasteiger partial charge in [-0.25, -0.2) is 0 Å². The van der Waals surface area contributed by atoms with Crippen molar-refractivity contribution in [3.05, 3.63) is 35.9 Å². The van der Waals surface area contributed by atoms with Crippen LogP contribution < -0.4 is 4.74 Å². The summed E-state index contributed by atoms with van der Waals surface area (Å²) in [5, 5.41) is 11.8. The molecule has 0 aliphatic heterocycles. The highest BCUT2D eigenvalue weighted by atomic mass is 16.5. The Morgan fingerprint density at radius 2 is 1.88 bits per heavy atom. The molecule has 0 saturated heterocycles. The smallest absolute Gasteiger partial charge is 0.127 e. The van der Waals surface area contributed by atoms with Crippen molar-refractivity contribution in [2.45, 2.75) is 26.7 Å². The van der Waals surface area contributed by atoms with Gasteiger partial charge in [0.15, 0.2) is 0 Å². The largest absolute Gasteiger partial charge is 0.507 e. The van der Waals surface area contributed by atoms with E-state index in [0.717, 1.165) is 41.5 Å². The van der Waals surface area contributed by atoms with Gasteiger partial charge >= 0.3 is 0 Å². The van der Waals surface area contributed by atoms with Crippen molar-refractivity contribution in [1.29, 1.82) is 0 Å². The Hall–Kier alpha value is -1.70. The van der Waals surface area contributed by atoms with Crippen LogP contribution in [0.2, 0.25) is 0 Å². The number of phenols is 1. The molecule has 90 valence electrons. The van der Waals surface area contributed by atoms with Gasteiger partial charge in [0.2, 0.25) is 0 Å². The molecule has 2 nitrogen and oxygen atoms in total. The monoisotopic (exact) mass is 230 g/mol. The van der Waals surface area contributed by atoms with E-state index in [4.69, 9.17) is 4.74 Å². The van der Waals surface area contributed by atoms with E-state index in [-0.39, 0.29) is 0 Å². The zero-order valence-electron chi connectivity index (χ0n) is 10.4. The molecule has 0 unspecified atom stereocenters. The molecule has 17 heavy (non-hydrogen) atoms. The molecule has 0 aromatic heterocycles. The van der Waals surface area contributed by atoms with E-state index in [9.17, 15) is 5.11 Å². The first-order valence-electron chi connectivity index (χ1n) is 6.08. The van der Waals surface area contributed by atoms with Crippen LogP contribution >= 0.6 is 0 Å². The van der Waals surface area contributed by atoms with Gasteiger partial charge in [-0.3, -0.25) is 0 Å². The number of hydrogen-bond donors (Lipinski definition) is 1. The van der Waals surface area contributed by atoms with E-state index >= 15 is 0 Å². The molecule has 1 N–H and O–H groups in total. The van der Waals surface area contributed by atoms with E-state index in [2.05, 4.69) is 6.92 Å². The Balaban J connectivity index is 2.44. The Morgan fingerprint density at radius 1 is 1.18 bits per heavy atom. The highest BCUT2D eigenvalue weighted by Gasteiger charge is 2.08. The molecule has 0 saturated carbocycles. The van der Waals surface area contributed by atoms with Gasteiger partial charge in [0, 0.05) is 10.8 Å². The third-order valence-electron chi connectivity index (χ3n) is 2.92. The van der Waals surface area contributed by atoms with Crippen LogP contribution in [0.15, 0.2) is 30.3 Å². The molecule has 0 bridgehead atoms. The summed E-state index contributed by atoms with van der Waals surface area (Å²) < 4.78 is 5.78. The molecule has 0 radical (unpaired) electrons. The lowest BCUT2D eigenvalue weighted by Gasteiger charge is -2.12. The number of aryl methyl sites for hydroxylation is 1. The molecule has 2 aromatic carbocycles. The zero-order chi connectivity index (χ0) is 12.3. The zero-order valence-corrected chi connectivity index (χ0v) is 10.4. The van der Waals surface area contributed by atoms with Crippen LogP contribution in [0.3, 0.4) is 0 Å². The third-order valence-corrected chi connectivity index (χ3v) is 2.92. The van der Waals surface area contributed by atoms with Gasteiger partial charge in [0.25, 0.3) is 0 Å². The summed E-state index contributed by atoms with van der Waals surface area (Å²) >= 11 is 0. The third kappa shape index (κ3) is 2.36. The minimum Gasteiger partial charge on any atom is -0.507 e. The van der Waals surface area contributed by atoms with E-state index in [1.165, 1.54) is 0 Å². The summed E-state index contributed by atoms with van der Waals surface area (Å²) in [6.45, 7) is 4.77. The van der Waals surface area contributed by atoms with Crippen LogP contribution in [0.4, 0.5) is 0 Å². The van der Waals surface area contributed by atoms with E-state index in [1.54, 1.807) is 0 Å². The molecular weight excluding hydrogens is 212 g/mol. The SMILES string of the molecule is CCCCOc1cc(C)c(O)c2ccccc12. The van der Waals surface area contributed by atoms with Crippen molar-refractivity contribution in [3.8, 4) is 11.5 Å². The second kappa shape index (κ2) is 5.09. The van der Waals surface area contributed by atoms with Crippen LogP contribution in [0, 0.1) is 6.92 Å². The molecule has 0 amide bonds. The quantitative estimate of drug-likeness (QED) is 0.803.